The lowest BCUT2D eigenvalue weighted by Crippen LogP contribution is -2.39. The van der Waals surface area contributed by atoms with Gasteiger partial charge in [-0.2, -0.15) is 0 Å². The second-order valence-electron chi connectivity index (χ2n) is 7.41. The molecule has 0 saturated carbocycles. The Balaban J connectivity index is 2.08. The van der Waals surface area contributed by atoms with Gasteiger partial charge in [-0.15, -0.1) is 0 Å². The minimum atomic E-state index is -1.65. The molecule has 134 valence electrons. The van der Waals surface area contributed by atoms with Crippen LogP contribution in [0.4, 0.5) is 8.78 Å². The molecule has 0 bridgehead atoms. The highest BCUT2D eigenvalue weighted by Crippen LogP contribution is 2.24. The first-order chi connectivity index (χ1) is 11.5. The van der Waals surface area contributed by atoms with E-state index in [1.165, 1.54) is 13.0 Å². The molecule has 0 radical (unpaired) electrons. The molecule has 1 atom stereocenters. The molecule has 0 heterocycles. The van der Waals surface area contributed by atoms with Gasteiger partial charge in [0.2, 0.25) is 0 Å². The maximum Gasteiger partial charge on any atom is 0.251 e. The van der Waals surface area contributed by atoms with Gasteiger partial charge >= 0.3 is 0 Å². The third kappa shape index (κ3) is 4.63. The fourth-order valence-electron chi connectivity index (χ4n) is 2.50. The average molecular weight is 347 g/mol. The normalized spacial score (nSPS) is 14.0. The van der Waals surface area contributed by atoms with Gasteiger partial charge in [-0.3, -0.25) is 4.79 Å². The van der Waals surface area contributed by atoms with Gasteiger partial charge in [0.25, 0.3) is 5.91 Å². The summed E-state index contributed by atoms with van der Waals surface area (Å²) in [7, 11) is 0. The Labute approximate surface area is 146 Å². The van der Waals surface area contributed by atoms with Crippen molar-refractivity contribution in [2.75, 3.05) is 6.54 Å². The lowest BCUT2D eigenvalue weighted by molar-refractivity contribution is 0.0494. The van der Waals surface area contributed by atoms with Crippen LogP contribution in [-0.2, 0) is 11.0 Å². The number of hydrogen-bond donors (Lipinski definition) is 2. The standard InChI is InChI=1S/C20H23F2NO2/c1-19(2,3)14-7-5-13(6-8-14)18(24)23-12-20(4,25)16-10-9-15(21)11-17(16)22/h5-11,25H,12H2,1-4H3,(H,23,24)/t20-/m0/s1. The van der Waals surface area contributed by atoms with Crippen molar-refractivity contribution in [3.05, 3.63) is 70.8 Å². The van der Waals surface area contributed by atoms with E-state index < -0.39 is 17.2 Å². The highest BCUT2D eigenvalue weighted by Gasteiger charge is 2.27. The fraction of sp³-hybridized carbons (Fsp3) is 0.350. The van der Waals surface area contributed by atoms with Gasteiger partial charge < -0.3 is 10.4 Å². The van der Waals surface area contributed by atoms with Crippen LogP contribution in [0.5, 0.6) is 0 Å². The summed E-state index contributed by atoms with van der Waals surface area (Å²) in [4.78, 5) is 12.2. The largest absolute Gasteiger partial charge is 0.383 e. The molecular formula is C20H23F2NO2. The molecule has 0 fully saturated rings. The van der Waals surface area contributed by atoms with Gasteiger partial charge in [-0.1, -0.05) is 39.0 Å². The quantitative estimate of drug-likeness (QED) is 0.881. The van der Waals surface area contributed by atoms with Crippen LogP contribution < -0.4 is 5.32 Å². The summed E-state index contributed by atoms with van der Waals surface area (Å²) < 4.78 is 26.8. The van der Waals surface area contributed by atoms with Gasteiger partial charge in [0.1, 0.15) is 17.2 Å². The van der Waals surface area contributed by atoms with Gasteiger partial charge in [0.15, 0.2) is 0 Å². The van der Waals surface area contributed by atoms with Gasteiger partial charge in [0, 0.05) is 17.2 Å². The summed E-state index contributed by atoms with van der Waals surface area (Å²) in [5.74, 6) is -1.95. The summed E-state index contributed by atoms with van der Waals surface area (Å²) in [6.07, 6.45) is 0. The van der Waals surface area contributed by atoms with Gasteiger partial charge in [-0.25, -0.2) is 8.78 Å². The highest BCUT2D eigenvalue weighted by atomic mass is 19.1. The van der Waals surface area contributed by atoms with E-state index in [-0.39, 0.29) is 23.4 Å². The number of amides is 1. The number of aliphatic hydroxyl groups is 1. The van der Waals surface area contributed by atoms with Crippen LogP contribution in [0.2, 0.25) is 0 Å². The van der Waals surface area contributed by atoms with Crippen molar-refractivity contribution in [2.24, 2.45) is 0 Å². The van der Waals surface area contributed by atoms with Crippen LogP contribution in [0.3, 0.4) is 0 Å². The van der Waals surface area contributed by atoms with Gasteiger partial charge in [-0.05, 0) is 36.1 Å². The lowest BCUT2D eigenvalue weighted by Gasteiger charge is -2.25. The summed E-state index contributed by atoms with van der Waals surface area (Å²) in [6.45, 7) is 7.41. The van der Waals surface area contributed by atoms with E-state index in [1.807, 2.05) is 12.1 Å². The van der Waals surface area contributed by atoms with E-state index in [2.05, 4.69) is 26.1 Å². The Hall–Kier alpha value is -2.27. The van der Waals surface area contributed by atoms with E-state index in [9.17, 15) is 18.7 Å². The van der Waals surface area contributed by atoms with E-state index in [4.69, 9.17) is 0 Å². The third-order valence-electron chi connectivity index (χ3n) is 4.12. The van der Waals surface area contributed by atoms with Crippen molar-refractivity contribution in [1.29, 1.82) is 0 Å². The second kappa shape index (κ2) is 6.92. The predicted octanol–water partition coefficient (Wildman–Crippen LogP) is 3.90. The van der Waals surface area contributed by atoms with Crippen molar-refractivity contribution in [1.82, 2.24) is 5.32 Å². The molecule has 2 aromatic rings. The van der Waals surface area contributed by atoms with Crippen molar-refractivity contribution in [2.45, 2.75) is 38.7 Å². The Bertz CT molecular complexity index is 762. The molecule has 0 saturated heterocycles. The van der Waals surface area contributed by atoms with E-state index in [0.29, 0.717) is 11.6 Å². The Morgan fingerprint density at radius 2 is 1.64 bits per heavy atom. The zero-order valence-corrected chi connectivity index (χ0v) is 14.9. The topological polar surface area (TPSA) is 49.3 Å². The van der Waals surface area contributed by atoms with Crippen molar-refractivity contribution < 1.29 is 18.7 Å². The van der Waals surface area contributed by atoms with Crippen LogP contribution in [0.15, 0.2) is 42.5 Å². The first-order valence-corrected chi connectivity index (χ1v) is 8.07. The number of benzene rings is 2. The van der Waals surface area contributed by atoms with Crippen molar-refractivity contribution in [3.8, 4) is 0 Å². The average Bonchev–Trinajstić information content (AvgIpc) is 2.51. The SMILES string of the molecule is CC(C)(C)c1ccc(C(=O)NC[C@](C)(O)c2ccc(F)cc2F)cc1. The maximum atomic E-state index is 13.8. The Kier molecular flexibility index (Phi) is 5.28. The first kappa shape index (κ1) is 19.1. The number of nitrogens with one attached hydrogen (secondary N) is 1. The summed E-state index contributed by atoms with van der Waals surface area (Å²) >= 11 is 0. The van der Waals surface area contributed by atoms with E-state index >= 15 is 0 Å². The summed E-state index contributed by atoms with van der Waals surface area (Å²) in [5, 5.41) is 13.0. The molecule has 3 nitrogen and oxygen atoms in total. The highest BCUT2D eigenvalue weighted by molar-refractivity contribution is 5.94. The monoisotopic (exact) mass is 347 g/mol. The molecule has 0 aliphatic heterocycles. The lowest BCUT2D eigenvalue weighted by atomic mass is 9.86. The second-order valence-corrected chi connectivity index (χ2v) is 7.41. The predicted molar refractivity (Wildman–Crippen MR) is 93.4 cm³/mol. The smallest absolute Gasteiger partial charge is 0.251 e. The number of carbonyl (C=O) groups is 1. The molecule has 0 unspecified atom stereocenters. The van der Waals surface area contributed by atoms with Crippen LogP contribution in [-0.4, -0.2) is 17.6 Å². The molecular weight excluding hydrogens is 324 g/mol. The molecule has 2 rings (SSSR count). The molecule has 2 N–H and O–H groups in total. The van der Waals surface area contributed by atoms with Crippen molar-refractivity contribution in [3.63, 3.8) is 0 Å². The molecule has 2 aromatic carbocycles. The molecule has 0 aromatic heterocycles. The van der Waals surface area contributed by atoms with E-state index in [1.54, 1.807) is 12.1 Å². The minimum absolute atomic E-state index is 0.0151. The third-order valence-corrected chi connectivity index (χ3v) is 4.12. The number of halogens is 2. The van der Waals surface area contributed by atoms with Crippen LogP contribution in [0, 0.1) is 11.6 Å². The van der Waals surface area contributed by atoms with Crippen molar-refractivity contribution >= 4 is 5.91 Å². The number of rotatable bonds is 4. The zero-order chi connectivity index (χ0) is 18.8. The molecule has 25 heavy (non-hydrogen) atoms. The molecule has 1 amide bonds. The van der Waals surface area contributed by atoms with Crippen LogP contribution in [0.25, 0.3) is 0 Å². The van der Waals surface area contributed by atoms with Crippen LogP contribution >= 0.6 is 0 Å². The zero-order valence-electron chi connectivity index (χ0n) is 14.9. The first-order valence-electron chi connectivity index (χ1n) is 8.07. The Morgan fingerprint density at radius 3 is 2.16 bits per heavy atom. The summed E-state index contributed by atoms with van der Waals surface area (Å²) in [6, 6.07) is 10.1. The van der Waals surface area contributed by atoms with Gasteiger partial charge in [0.05, 0.1) is 6.54 Å². The molecule has 0 aliphatic carbocycles. The fourth-order valence-corrected chi connectivity index (χ4v) is 2.50. The molecule has 0 spiro atoms. The van der Waals surface area contributed by atoms with Crippen LogP contribution in [0.1, 0.15) is 49.2 Å². The minimum Gasteiger partial charge on any atom is -0.383 e. The molecule has 0 aliphatic rings. The number of hydrogen-bond acceptors (Lipinski definition) is 2. The Morgan fingerprint density at radius 1 is 1.04 bits per heavy atom. The number of carbonyl (C=O) groups excluding carboxylic acids is 1. The molecule has 5 heteroatoms. The maximum absolute atomic E-state index is 13.8. The van der Waals surface area contributed by atoms with E-state index in [0.717, 1.165) is 11.6 Å². The summed E-state index contributed by atoms with van der Waals surface area (Å²) in [5.41, 5.74) is -0.192.